The van der Waals surface area contributed by atoms with Crippen LogP contribution in [-0.4, -0.2) is 64.4 Å². The summed E-state index contributed by atoms with van der Waals surface area (Å²) in [5.74, 6) is 0.793. The van der Waals surface area contributed by atoms with Gasteiger partial charge < -0.3 is 15.2 Å². The minimum atomic E-state index is -0.607. The van der Waals surface area contributed by atoms with Crippen LogP contribution >= 0.6 is 23.5 Å². The van der Waals surface area contributed by atoms with Crippen LogP contribution in [0.1, 0.15) is 5.56 Å². The maximum absolute atomic E-state index is 12.5. The number of imide groups is 1. The van der Waals surface area contributed by atoms with Gasteiger partial charge >= 0.3 is 0 Å². The summed E-state index contributed by atoms with van der Waals surface area (Å²) in [4.78, 5) is 37.9. The van der Waals surface area contributed by atoms with Crippen LogP contribution in [0, 0.1) is 0 Å². The van der Waals surface area contributed by atoms with Crippen molar-refractivity contribution >= 4 is 46.7 Å². The van der Waals surface area contributed by atoms with Crippen molar-refractivity contribution in [2.75, 3.05) is 25.2 Å². The number of methoxy groups -OCH3 is 1. The monoisotopic (exact) mass is 394 g/mol. The molecule has 2 fully saturated rings. The van der Waals surface area contributed by atoms with Crippen molar-refractivity contribution in [1.82, 2.24) is 10.2 Å². The van der Waals surface area contributed by atoms with E-state index in [-0.39, 0.29) is 17.5 Å². The Kier molecular flexibility index (Phi) is 5.90. The second-order valence-electron chi connectivity index (χ2n) is 5.79. The number of rotatable bonds is 5. The van der Waals surface area contributed by atoms with E-state index in [4.69, 9.17) is 4.74 Å². The molecule has 138 valence electrons. The van der Waals surface area contributed by atoms with E-state index in [1.165, 1.54) is 7.11 Å². The second-order valence-corrected chi connectivity index (χ2v) is 7.86. The number of amides is 3. The molecule has 7 nitrogen and oxygen atoms in total. The molecule has 2 atom stereocenters. The van der Waals surface area contributed by atoms with Crippen LogP contribution in [-0.2, 0) is 9.59 Å². The van der Waals surface area contributed by atoms with Crippen LogP contribution in [0.2, 0.25) is 0 Å². The molecule has 3 rings (SSSR count). The van der Waals surface area contributed by atoms with E-state index < -0.39 is 23.2 Å². The van der Waals surface area contributed by atoms with Crippen molar-refractivity contribution in [3.63, 3.8) is 0 Å². The van der Waals surface area contributed by atoms with Gasteiger partial charge in [-0.2, -0.15) is 11.8 Å². The number of nitrogens with zero attached hydrogens (tertiary/aromatic N) is 1. The molecule has 2 aliphatic heterocycles. The van der Waals surface area contributed by atoms with Crippen LogP contribution in [0.15, 0.2) is 29.2 Å². The molecule has 3 amide bonds. The van der Waals surface area contributed by atoms with Gasteiger partial charge in [0.15, 0.2) is 0 Å². The number of nitrogens with one attached hydrogen (secondary N) is 1. The summed E-state index contributed by atoms with van der Waals surface area (Å²) in [6, 6.07) is 6.79. The highest BCUT2D eigenvalue weighted by Crippen LogP contribution is 2.33. The third-order valence-electron chi connectivity index (χ3n) is 4.00. The highest BCUT2D eigenvalue weighted by Gasteiger charge is 2.37. The molecule has 2 aliphatic rings. The zero-order chi connectivity index (χ0) is 18.7. The molecule has 0 unspecified atom stereocenters. The molecule has 0 saturated carbocycles. The summed E-state index contributed by atoms with van der Waals surface area (Å²) in [6.07, 6.45) is 0.975. The smallest absolute Gasteiger partial charge is 0.294 e. The topological polar surface area (TPSA) is 95.9 Å². The summed E-state index contributed by atoms with van der Waals surface area (Å²) in [5, 5.41) is 11.9. The van der Waals surface area contributed by atoms with Crippen molar-refractivity contribution in [3.8, 4) is 5.75 Å². The van der Waals surface area contributed by atoms with Gasteiger partial charge in [0.25, 0.3) is 11.1 Å². The highest BCUT2D eigenvalue weighted by molar-refractivity contribution is 8.18. The maximum atomic E-state index is 12.5. The normalized spacial score (nSPS) is 24.4. The van der Waals surface area contributed by atoms with Gasteiger partial charge in [-0.3, -0.25) is 19.3 Å². The Morgan fingerprint density at radius 3 is 2.85 bits per heavy atom. The second kappa shape index (κ2) is 8.15. The number of thioether (sulfide) groups is 2. The zero-order valence-corrected chi connectivity index (χ0v) is 15.6. The SMILES string of the molecule is COc1ccccc1C=C1SC(=O)N(CC(=O)N[C@@H]2CSC[C@@H]2O)C1=O. The number of aliphatic hydroxyl groups excluding tert-OH is 1. The first-order valence-electron chi connectivity index (χ1n) is 7.93. The fourth-order valence-corrected chi connectivity index (χ4v) is 4.64. The average Bonchev–Trinajstić information content (AvgIpc) is 3.13. The van der Waals surface area contributed by atoms with Crippen LogP contribution in [0.5, 0.6) is 5.75 Å². The lowest BCUT2D eigenvalue weighted by Crippen LogP contribution is -2.47. The summed E-state index contributed by atoms with van der Waals surface area (Å²) in [5.41, 5.74) is 0.677. The fraction of sp³-hybridized carbons (Fsp3) is 0.353. The maximum Gasteiger partial charge on any atom is 0.294 e. The first-order valence-corrected chi connectivity index (χ1v) is 9.90. The molecule has 2 heterocycles. The molecule has 0 bridgehead atoms. The van der Waals surface area contributed by atoms with E-state index >= 15 is 0 Å². The number of carbonyl (C=O) groups excluding carboxylic acids is 3. The van der Waals surface area contributed by atoms with E-state index in [1.807, 2.05) is 6.07 Å². The minimum absolute atomic E-state index is 0.240. The summed E-state index contributed by atoms with van der Waals surface area (Å²) < 4.78 is 5.24. The molecule has 0 aliphatic carbocycles. The molecule has 1 aromatic carbocycles. The number of benzene rings is 1. The zero-order valence-electron chi connectivity index (χ0n) is 14.0. The van der Waals surface area contributed by atoms with Crippen molar-refractivity contribution in [1.29, 1.82) is 0 Å². The van der Waals surface area contributed by atoms with Crippen molar-refractivity contribution in [3.05, 3.63) is 34.7 Å². The van der Waals surface area contributed by atoms with Gasteiger partial charge in [-0.05, 0) is 23.9 Å². The predicted molar refractivity (Wildman–Crippen MR) is 101 cm³/mol. The third kappa shape index (κ3) is 4.05. The number of carbonyl (C=O) groups is 3. The van der Waals surface area contributed by atoms with Gasteiger partial charge in [0, 0.05) is 17.1 Å². The van der Waals surface area contributed by atoms with E-state index in [9.17, 15) is 19.5 Å². The van der Waals surface area contributed by atoms with E-state index in [0.717, 1.165) is 16.7 Å². The van der Waals surface area contributed by atoms with Crippen LogP contribution in [0.3, 0.4) is 0 Å². The Morgan fingerprint density at radius 1 is 1.38 bits per heavy atom. The fourth-order valence-electron chi connectivity index (χ4n) is 2.64. The largest absolute Gasteiger partial charge is 0.496 e. The summed E-state index contributed by atoms with van der Waals surface area (Å²) in [6.45, 7) is -0.359. The molecular formula is C17H18N2O5S2. The lowest BCUT2D eigenvalue weighted by atomic mass is 10.2. The van der Waals surface area contributed by atoms with E-state index in [0.29, 0.717) is 22.8 Å². The van der Waals surface area contributed by atoms with Gasteiger partial charge in [-0.1, -0.05) is 18.2 Å². The molecule has 26 heavy (non-hydrogen) atoms. The molecule has 1 aromatic rings. The Labute approximate surface area is 159 Å². The van der Waals surface area contributed by atoms with Gasteiger partial charge in [-0.25, -0.2) is 0 Å². The lowest BCUT2D eigenvalue weighted by molar-refractivity contribution is -0.129. The predicted octanol–water partition coefficient (Wildman–Crippen LogP) is 1.32. The highest BCUT2D eigenvalue weighted by atomic mass is 32.2. The quantitative estimate of drug-likeness (QED) is 0.727. The molecule has 2 N–H and O–H groups in total. The molecule has 0 aromatic heterocycles. The molecule has 9 heteroatoms. The van der Waals surface area contributed by atoms with Gasteiger partial charge in [0.2, 0.25) is 5.91 Å². The first kappa shape index (κ1) is 18.8. The number of para-hydroxylation sites is 1. The molecule has 0 radical (unpaired) electrons. The minimum Gasteiger partial charge on any atom is -0.496 e. The standard InChI is InChI=1S/C17H18N2O5S2/c1-24-13-5-3-2-4-10(13)6-14-16(22)19(17(23)26-14)7-15(21)18-11-8-25-9-12(11)20/h2-6,11-12,20H,7-9H2,1H3,(H,18,21)/t11-,12+/m1/s1. The summed E-state index contributed by atoms with van der Waals surface area (Å²) in [7, 11) is 1.53. The van der Waals surface area contributed by atoms with Crippen molar-refractivity contribution in [2.45, 2.75) is 12.1 Å². The number of aliphatic hydroxyl groups is 1. The average molecular weight is 394 g/mol. The van der Waals surface area contributed by atoms with Gasteiger partial charge in [-0.15, -0.1) is 0 Å². The third-order valence-corrected chi connectivity index (χ3v) is 6.08. The van der Waals surface area contributed by atoms with E-state index in [2.05, 4.69) is 5.32 Å². The van der Waals surface area contributed by atoms with Crippen molar-refractivity contribution < 1.29 is 24.2 Å². The Hall–Kier alpha value is -1.97. The van der Waals surface area contributed by atoms with Crippen LogP contribution in [0.4, 0.5) is 4.79 Å². The number of ether oxygens (including phenoxy) is 1. The summed E-state index contributed by atoms with van der Waals surface area (Å²) >= 11 is 2.33. The Balaban J connectivity index is 1.68. The van der Waals surface area contributed by atoms with Crippen LogP contribution < -0.4 is 10.1 Å². The van der Waals surface area contributed by atoms with Crippen LogP contribution in [0.25, 0.3) is 6.08 Å². The van der Waals surface area contributed by atoms with Crippen molar-refractivity contribution in [2.24, 2.45) is 0 Å². The Morgan fingerprint density at radius 2 is 2.15 bits per heavy atom. The lowest BCUT2D eigenvalue weighted by Gasteiger charge is -2.18. The first-order chi connectivity index (χ1) is 12.5. The van der Waals surface area contributed by atoms with Gasteiger partial charge in [0.1, 0.15) is 12.3 Å². The molecule has 2 saturated heterocycles. The number of hydrogen-bond acceptors (Lipinski definition) is 7. The van der Waals surface area contributed by atoms with E-state index in [1.54, 1.807) is 36.0 Å². The molecular weight excluding hydrogens is 376 g/mol. The van der Waals surface area contributed by atoms with Gasteiger partial charge in [0.05, 0.1) is 24.2 Å². The Bertz CT molecular complexity index is 767. The molecule has 0 spiro atoms. The number of hydrogen-bond donors (Lipinski definition) is 2.